The Kier molecular flexibility index (Phi) is 6.74. The molecule has 3 aromatic rings. The SMILES string of the molecule is CCCCCCOc1nnnc(-c2ccccc2OC)c1-c1ccccc1. The zero-order valence-electron chi connectivity index (χ0n) is 15.9. The van der Waals surface area contributed by atoms with Crippen molar-refractivity contribution in [1.82, 2.24) is 15.4 Å². The van der Waals surface area contributed by atoms with Gasteiger partial charge in [0.15, 0.2) is 0 Å². The van der Waals surface area contributed by atoms with Crippen molar-refractivity contribution in [3.63, 3.8) is 0 Å². The van der Waals surface area contributed by atoms with Crippen molar-refractivity contribution in [2.75, 3.05) is 13.7 Å². The van der Waals surface area contributed by atoms with Crippen molar-refractivity contribution in [2.45, 2.75) is 32.6 Å². The fourth-order valence-electron chi connectivity index (χ4n) is 3.00. The topological polar surface area (TPSA) is 57.1 Å². The maximum atomic E-state index is 6.02. The molecule has 1 heterocycles. The number of methoxy groups -OCH3 is 1. The van der Waals surface area contributed by atoms with E-state index in [-0.39, 0.29) is 0 Å². The minimum Gasteiger partial charge on any atom is -0.496 e. The monoisotopic (exact) mass is 363 g/mol. The molecular weight excluding hydrogens is 338 g/mol. The number of benzene rings is 2. The van der Waals surface area contributed by atoms with E-state index < -0.39 is 0 Å². The number of rotatable bonds is 9. The Morgan fingerprint density at radius 1 is 0.852 bits per heavy atom. The predicted octanol–water partition coefficient (Wildman–Crippen LogP) is 5.17. The molecule has 0 unspecified atom stereocenters. The number of unbranched alkanes of at least 4 members (excludes halogenated alkanes) is 3. The summed E-state index contributed by atoms with van der Waals surface area (Å²) < 4.78 is 11.5. The lowest BCUT2D eigenvalue weighted by Gasteiger charge is -2.15. The Bertz CT molecular complexity index is 853. The van der Waals surface area contributed by atoms with Gasteiger partial charge in [-0.1, -0.05) is 73.7 Å². The van der Waals surface area contributed by atoms with Crippen LogP contribution in [0.25, 0.3) is 22.4 Å². The second kappa shape index (κ2) is 9.67. The molecule has 27 heavy (non-hydrogen) atoms. The van der Waals surface area contributed by atoms with Crippen LogP contribution in [0.15, 0.2) is 54.6 Å². The third kappa shape index (κ3) is 4.61. The molecule has 0 saturated heterocycles. The lowest BCUT2D eigenvalue weighted by Crippen LogP contribution is -2.05. The minimum atomic E-state index is 0.508. The maximum Gasteiger partial charge on any atom is 0.245 e. The molecule has 5 nitrogen and oxygen atoms in total. The van der Waals surface area contributed by atoms with Crippen LogP contribution in [0.4, 0.5) is 0 Å². The number of hydrogen-bond donors (Lipinski definition) is 0. The van der Waals surface area contributed by atoms with E-state index in [9.17, 15) is 0 Å². The van der Waals surface area contributed by atoms with Crippen LogP contribution in [0.5, 0.6) is 11.6 Å². The first-order valence-electron chi connectivity index (χ1n) is 9.40. The predicted molar refractivity (Wildman–Crippen MR) is 107 cm³/mol. The number of aromatic nitrogens is 3. The molecule has 0 atom stereocenters. The third-order valence-electron chi connectivity index (χ3n) is 4.39. The Hall–Kier alpha value is -2.95. The molecule has 0 amide bonds. The van der Waals surface area contributed by atoms with E-state index >= 15 is 0 Å². The molecule has 0 aliphatic carbocycles. The van der Waals surface area contributed by atoms with Crippen LogP contribution >= 0.6 is 0 Å². The molecule has 1 aromatic heterocycles. The Labute approximate surface area is 160 Å². The molecule has 2 aromatic carbocycles. The fraction of sp³-hybridized carbons (Fsp3) is 0.318. The van der Waals surface area contributed by atoms with Crippen LogP contribution in [0.1, 0.15) is 32.6 Å². The van der Waals surface area contributed by atoms with Gasteiger partial charge in [0.1, 0.15) is 11.4 Å². The van der Waals surface area contributed by atoms with Crippen LogP contribution in [0, 0.1) is 0 Å². The highest BCUT2D eigenvalue weighted by atomic mass is 16.5. The quantitative estimate of drug-likeness (QED) is 0.491. The van der Waals surface area contributed by atoms with Gasteiger partial charge < -0.3 is 9.47 Å². The Morgan fingerprint density at radius 3 is 2.41 bits per heavy atom. The average Bonchev–Trinajstić information content (AvgIpc) is 2.74. The highest BCUT2D eigenvalue weighted by molar-refractivity contribution is 5.85. The first-order valence-corrected chi connectivity index (χ1v) is 9.40. The number of para-hydroxylation sites is 1. The second-order valence-electron chi connectivity index (χ2n) is 6.29. The van der Waals surface area contributed by atoms with Gasteiger partial charge in [0.2, 0.25) is 5.88 Å². The minimum absolute atomic E-state index is 0.508. The molecule has 0 radical (unpaired) electrons. The molecule has 0 spiro atoms. The molecular formula is C22H25N3O2. The average molecular weight is 363 g/mol. The van der Waals surface area contributed by atoms with E-state index in [2.05, 4.69) is 22.3 Å². The molecule has 5 heteroatoms. The van der Waals surface area contributed by atoms with E-state index in [0.717, 1.165) is 35.3 Å². The maximum absolute atomic E-state index is 6.02. The highest BCUT2D eigenvalue weighted by Gasteiger charge is 2.20. The normalized spacial score (nSPS) is 10.6. The first kappa shape index (κ1) is 18.8. The van der Waals surface area contributed by atoms with Crippen LogP contribution < -0.4 is 9.47 Å². The molecule has 0 fully saturated rings. The van der Waals surface area contributed by atoms with Crippen LogP contribution in [0.3, 0.4) is 0 Å². The number of hydrogen-bond acceptors (Lipinski definition) is 5. The first-order chi connectivity index (χ1) is 13.3. The van der Waals surface area contributed by atoms with Gasteiger partial charge >= 0.3 is 0 Å². The summed E-state index contributed by atoms with van der Waals surface area (Å²) in [6, 6.07) is 17.8. The van der Waals surface area contributed by atoms with Gasteiger partial charge in [0, 0.05) is 5.56 Å². The Balaban J connectivity index is 2.02. The van der Waals surface area contributed by atoms with Crippen molar-refractivity contribution >= 4 is 0 Å². The Morgan fingerprint density at radius 2 is 1.63 bits per heavy atom. The van der Waals surface area contributed by atoms with Gasteiger partial charge in [0.05, 0.1) is 19.3 Å². The van der Waals surface area contributed by atoms with Gasteiger partial charge in [-0.2, -0.15) is 0 Å². The van der Waals surface area contributed by atoms with Gasteiger partial charge in [-0.15, -0.1) is 5.10 Å². The van der Waals surface area contributed by atoms with Gasteiger partial charge in [0.25, 0.3) is 0 Å². The summed E-state index contributed by atoms with van der Waals surface area (Å²) in [6.45, 7) is 2.81. The smallest absolute Gasteiger partial charge is 0.245 e. The standard InChI is InChI=1S/C22H25N3O2/c1-3-4-5-11-16-27-22-20(17-12-7-6-8-13-17)21(23-25-24-22)18-14-9-10-15-19(18)26-2/h6-10,12-15H,3-5,11,16H2,1-2H3. The van der Waals surface area contributed by atoms with Crippen molar-refractivity contribution in [2.24, 2.45) is 0 Å². The number of ether oxygens (including phenoxy) is 2. The van der Waals surface area contributed by atoms with E-state index in [1.54, 1.807) is 7.11 Å². The van der Waals surface area contributed by atoms with Crippen LogP contribution in [-0.4, -0.2) is 29.1 Å². The van der Waals surface area contributed by atoms with Gasteiger partial charge in [-0.3, -0.25) is 0 Å². The van der Waals surface area contributed by atoms with Crippen molar-refractivity contribution in [3.05, 3.63) is 54.6 Å². The summed E-state index contributed by atoms with van der Waals surface area (Å²) in [5, 5.41) is 12.5. The summed E-state index contributed by atoms with van der Waals surface area (Å²) >= 11 is 0. The van der Waals surface area contributed by atoms with E-state index in [1.165, 1.54) is 12.8 Å². The summed E-state index contributed by atoms with van der Waals surface area (Å²) in [4.78, 5) is 0. The highest BCUT2D eigenvalue weighted by Crippen LogP contribution is 2.39. The molecule has 3 rings (SSSR count). The van der Waals surface area contributed by atoms with Gasteiger partial charge in [-0.25, -0.2) is 0 Å². The molecule has 0 saturated carbocycles. The summed E-state index contributed by atoms with van der Waals surface area (Å²) in [7, 11) is 1.65. The summed E-state index contributed by atoms with van der Waals surface area (Å²) in [6.07, 6.45) is 4.55. The third-order valence-corrected chi connectivity index (χ3v) is 4.39. The molecule has 0 bridgehead atoms. The second-order valence-corrected chi connectivity index (χ2v) is 6.29. The molecule has 140 valence electrons. The zero-order chi connectivity index (χ0) is 18.9. The lowest BCUT2D eigenvalue weighted by molar-refractivity contribution is 0.290. The molecule has 0 aliphatic rings. The largest absolute Gasteiger partial charge is 0.496 e. The molecule has 0 N–H and O–H groups in total. The lowest BCUT2D eigenvalue weighted by atomic mass is 10.00. The number of nitrogens with zero attached hydrogens (tertiary/aromatic N) is 3. The summed E-state index contributed by atoms with van der Waals surface area (Å²) in [5.74, 6) is 1.25. The van der Waals surface area contributed by atoms with Crippen molar-refractivity contribution in [3.8, 4) is 34.0 Å². The van der Waals surface area contributed by atoms with Gasteiger partial charge in [-0.05, 0) is 29.3 Å². The molecule has 0 aliphatic heterocycles. The summed E-state index contributed by atoms with van der Waals surface area (Å²) in [5.41, 5.74) is 3.40. The van der Waals surface area contributed by atoms with E-state index in [4.69, 9.17) is 9.47 Å². The fourth-order valence-corrected chi connectivity index (χ4v) is 3.00. The van der Waals surface area contributed by atoms with Crippen molar-refractivity contribution in [1.29, 1.82) is 0 Å². The zero-order valence-corrected chi connectivity index (χ0v) is 15.9. The van der Waals surface area contributed by atoms with E-state index in [0.29, 0.717) is 18.2 Å². The van der Waals surface area contributed by atoms with Crippen LogP contribution in [-0.2, 0) is 0 Å². The van der Waals surface area contributed by atoms with Crippen LogP contribution in [0.2, 0.25) is 0 Å². The van der Waals surface area contributed by atoms with Crippen molar-refractivity contribution < 1.29 is 9.47 Å². The van der Waals surface area contributed by atoms with E-state index in [1.807, 2.05) is 54.6 Å².